The van der Waals surface area contributed by atoms with Crippen LogP contribution < -0.4 is 4.90 Å². The SMILES string of the molecule is CN1Cc2cc(N3CCCCC3)ccc2C(c2ccc3ccnnc3c2)C1. The summed E-state index contributed by atoms with van der Waals surface area (Å²) in [5, 5.41) is 9.52. The highest BCUT2D eigenvalue weighted by Gasteiger charge is 2.26. The van der Waals surface area contributed by atoms with Gasteiger partial charge in [-0.1, -0.05) is 18.2 Å². The number of rotatable bonds is 2. The van der Waals surface area contributed by atoms with Gasteiger partial charge in [0.1, 0.15) is 0 Å². The summed E-state index contributed by atoms with van der Waals surface area (Å²) >= 11 is 0. The highest BCUT2D eigenvalue weighted by atomic mass is 15.1. The van der Waals surface area contributed by atoms with E-state index in [0.29, 0.717) is 5.92 Å². The quantitative estimate of drug-likeness (QED) is 0.687. The van der Waals surface area contributed by atoms with Crippen LogP contribution in [0.2, 0.25) is 0 Å². The van der Waals surface area contributed by atoms with E-state index >= 15 is 0 Å². The Labute approximate surface area is 160 Å². The number of likely N-dealkylation sites (N-methyl/N-ethyl adjacent to an activating group) is 1. The van der Waals surface area contributed by atoms with Gasteiger partial charge in [-0.05, 0) is 67.3 Å². The molecule has 0 bridgehead atoms. The van der Waals surface area contributed by atoms with Gasteiger partial charge in [0.2, 0.25) is 0 Å². The largest absolute Gasteiger partial charge is 0.372 e. The summed E-state index contributed by atoms with van der Waals surface area (Å²) in [6, 6.07) is 15.8. The van der Waals surface area contributed by atoms with Crippen molar-refractivity contribution in [2.45, 2.75) is 31.7 Å². The lowest BCUT2D eigenvalue weighted by atomic mass is 9.84. The Kier molecular flexibility index (Phi) is 4.29. The third-order valence-electron chi connectivity index (χ3n) is 6.10. The van der Waals surface area contributed by atoms with Crippen molar-refractivity contribution in [1.29, 1.82) is 0 Å². The molecule has 0 spiro atoms. The second kappa shape index (κ2) is 6.93. The molecule has 2 aliphatic rings. The number of benzene rings is 2. The van der Waals surface area contributed by atoms with Crippen LogP contribution in [-0.4, -0.2) is 41.8 Å². The van der Waals surface area contributed by atoms with Gasteiger partial charge in [0, 0.05) is 43.2 Å². The van der Waals surface area contributed by atoms with E-state index in [0.717, 1.165) is 24.0 Å². The van der Waals surface area contributed by atoms with Crippen molar-refractivity contribution in [2.75, 3.05) is 31.6 Å². The lowest BCUT2D eigenvalue weighted by molar-refractivity contribution is 0.295. The van der Waals surface area contributed by atoms with E-state index in [1.54, 1.807) is 6.20 Å². The average molecular weight is 358 g/mol. The molecule has 0 amide bonds. The molecule has 1 atom stereocenters. The number of hydrogen-bond acceptors (Lipinski definition) is 4. The topological polar surface area (TPSA) is 32.3 Å². The first-order chi connectivity index (χ1) is 13.3. The number of aromatic nitrogens is 2. The lowest BCUT2D eigenvalue weighted by Gasteiger charge is -2.35. The average Bonchev–Trinajstić information content (AvgIpc) is 2.73. The molecule has 1 fully saturated rings. The Morgan fingerprint density at radius 2 is 1.85 bits per heavy atom. The molecule has 1 aromatic heterocycles. The molecule has 0 radical (unpaired) electrons. The standard InChI is InChI=1S/C23H26N4/c1-26-15-19-13-20(27-11-3-2-4-12-27)7-8-21(19)22(16-26)18-6-5-17-9-10-24-25-23(17)14-18/h5-10,13-14,22H,2-4,11-12,15-16H2,1H3. The van der Waals surface area contributed by atoms with Gasteiger partial charge in [-0.3, -0.25) is 0 Å². The number of fused-ring (bicyclic) bond motifs is 2. The summed E-state index contributed by atoms with van der Waals surface area (Å²) in [7, 11) is 2.23. The molecule has 0 aliphatic carbocycles. The van der Waals surface area contributed by atoms with Crippen LogP contribution in [0.3, 0.4) is 0 Å². The Morgan fingerprint density at radius 1 is 0.963 bits per heavy atom. The summed E-state index contributed by atoms with van der Waals surface area (Å²) < 4.78 is 0. The van der Waals surface area contributed by atoms with E-state index in [1.165, 1.54) is 54.7 Å². The first-order valence-corrected chi connectivity index (χ1v) is 10.1. The van der Waals surface area contributed by atoms with Gasteiger partial charge < -0.3 is 9.80 Å². The molecule has 3 aromatic rings. The van der Waals surface area contributed by atoms with Gasteiger partial charge in [0.15, 0.2) is 0 Å². The van der Waals surface area contributed by atoms with E-state index in [-0.39, 0.29) is 0 Å². The van der Waals surface area contributed by atoms with Crippen LogP contribution in [0.15, 0.2) is 48.7 Å². The van der Waals surface area contributed by atoms with Gasteiger partial charge in [-0.15, -0.1) is 0 Å². The number of nitrogens with zero attached hydrogens (tertiary/aromatic N) is 4. The maximum Gasteiger partial charge on any atom is 0.0932 e. The number of piperidine rings is 1. The minimum absolute atomic E-state index is 0.389. The van der Waals surface area contributed by atoms with Crippen molar-refractivity contribution < 1.29 is 0 Å². The molecular weight excluding hydrogens is 332 g/mol. The van der Waals surface area contributed by atoms with Crippen LogP contribution in [0.1, 0.15) is 41.9 Å². The molecule has 4 heteroatoms. The maximum absolute atomic E-state index is 4.32. The Bertz CT molecular complexity index is 962. The first kappa shape index (κ1) is 16.7. The van der Waals surface area contributed by atoms with E-state index in [1.807, 2.05) is 6.07 Å². The molecule has 1 saturated heterocycles. The highest BCUT2D eigenvalue weighted by molar-refractivity contribution is 5.78. The minimum Gasteiger partial charge on any atom is -0.372 e. The zero-order valence-electron chi connectivity index (χ0n) is 15.9. The molecule has 5 rings (SSSR count). The summed E-state index contributed by atoms with van der Waals surface area (Å²) in [4.78, 5) is 4.99. The van der Waals surface area contributed by atoms with Gasteiger partial charge in [0.25, 0.3) is 0 Å². The lowest BCUT2D eigenvalue weighted by Crippen LogP contribution is -2.32. The van der Waals surface area contributed by atoms with E-state index < -0.39 is 0 Å². The summed E-state index contributed by atoms with van der Waals surface area (Å²) in [5.74, 6) is 0.389. The summed E-state index contributed by atoms with van der Waals surface area (Å²) in [6.07, 6.45) is 5.76. The fourth-order valence-corrected chi connectivity index (χ4v) is 4.68. The second-order valence-corrected chi connectivity index (χ2v) is 8.03. The van der Waals surface area contributed by atoms with Crippen LogP contribution in [0.25, 0.3) is 10.9 Å². The Morgan fingerprint density at radius 3 is 2.74 bits per heavy atom. The van der Waals surface area contributed by atoms with Crippen molar-refractivity contribution >= 4 is 16.6 Å². The molecule has 27 heavy (non-hydrogen) atoms. The predicted molar refractivity (Wildman–Crippen MR) is 110 cm³/mol. The molecule has 2 aliphatic heterocycles. The van der Waals surface area contributed by atoms with Crippen molar-refractivity contribution in [2.24, 2.45) is 0 Å². The van der Waals surface area contributed by atoms with Gasteiger partial charge in [-0.2, -0.15) is 10.2 Å². The Balaban J connectivity index is 1.53. The molecule has 3 heterocycles. The zero-order chi connectivity index (χ0) is 18.2. The van der Waals surface area contributed by atoms with Crippen molar-refractivity contribution in [1.82, 2.24) is 15.1 Å². The third-order valence-corrected chi connectivity index (χ3v) is 6.10. The fourth-order valence-electron chi connectivity index (χ4n) is 4.68. The summed E-state index contributed by atoms with van der Waals surface area (Å²) in [5.41, 5.74) is 6.65. The van der Waals surface area contributed by atoms with Crippen molar-refractivity contribution in [3.05, 3.63) is 65.4 Å². The molecule has 0 saturated carbocycles. The molecule has 1 unspecified atom stereocenters. The monoisotopic (exact) mass is 358 g/mol. The minimum atomic E-state index is 0.389. The number of anilines is 1. The molecule has 0 N–H and O–H groups in total. The van der Waals surface area contributed by atoms with Crippen LogP contribution in [-0.2, 0) is 6.54 Å². The molecule has 138 valence electrons. The van der Waals surface area contributed by atoms with Gasteiger partial charge in [-0.25, -0.2) is 0 Å². The zero-order valence-corrected chi connectivity index (χ0v) is 15.9. The van der Waals surface area contributed by atoms with Crippen molar-refractivity contribution in [3.8, 4) is 0 Å². The van der Waals surface area contributed by atoms with E-state index in [2.05, 4.69) is 63.4 Å². The maximum atomic E-state index is 4.32. The highest BCUT2D eigenvalue weighted by Crippen LogP contribution is 2.36. The summed E-state index contributed by atoms with van der Waals surface area (Å²) in [6.45, 7) is 4.46. The molecule has 4 nitrogen and oxygen atoms in total. The van der Waals surface area contributed by atoms with Gasteiger partial charge >= 0.3 is 0 Å². The van der Waals surface area contributed by atoms with Crippen LogP contribution in [0, 0.1) is 0 Å². The smallest absolute Gasteiger partial charge is 0.0932 e. The third kappa shape index (κ3) is 3.19. The van der Waals surface area contributed by atoms with Crippen molar-refractivity contribution in [3.63, 3.8) is 0 Å². The van der Waals surface area contributed by atoms with Crippen LogP contribution in [0.5, 0.6) is 0 Å². The molecular formula is C23H26N4. The van der Waals surface area contributed by atoms with Gasteiger partial charge in [0.05, 0.1) is 11.7 Å². The normalized spacial score (nSPS) is 20.6. The predicted octanol–water partition coefficient (Wildman–Crippen LogP) is 4.20. The Hall–Kier alpha value is -2.46. The van der Waals surface area contributed by atoms with Crippen LogP contribution in [0.4, 0.5) is 5.69 Å². The fraction of sp³-hybridized carbons (Fsp3) is 0.391. The molecule has 2 aromatic carbocycles. The first-order valence-electron chi connectivity index (χ1n) is 10.1. The number of hydrogen-bond donors (Lipinski definition) is 0. The van der Waals surface area contributed by atoms with E-state index in [9.17, 15) is 0 Å². The van der Waals surface area contributed by atoms with Crippen LogP contribution >= 0.6 is 0 Å². The second-order valence-electron chi connectivity index (χ2n) is 8.03. The van der Waals surface area contributed by atoms with E-state index in [4.69, 9.17) is 0 Å².